The molecule has 0 aliphatic rings. The van der Waals surface area contributed by atoms with Crippen molar-refractivity contribution < 1.29 is 4.74 Å². The topological polar surface area (TPSA) is 9.23 Å². The Bertz CT molecular complexity index is 164. The fraction of sp³-hybridized carbons (Fsp3) is 0.667. The molecule has 0 N–H and O–H groups in total. The van der Waals surface area contributed by atoms with Gasteiger partial charge >= 0.3 is 0 Å². The van der Waals surface area contributed by atoms with Gasteiger partial charge in [0, 0.05) is 0 Å². The second kappa shape index (κ2) is 7.90. The summed E-state index contributed by atoms with van der Waals surface area (Å²) >= 11 is 0. The molecular weight excluding hydrogens is 160 g/mol. The summed E-state index contributed by atoms with van der Waals surface area (Å²) < 4.78 is 4.84. The second-order valence-corrected chi connectivity index (χ2v) is 3.81. The number of methoxy groups -OCH3 is 1. The normalized spacial score (nSPS) is 12.9. The van der Waals surface area contributed by atoms with Crippen LogP contribution in [0.4, 0.5) is 0 Å². The van der Waals surface area contributed by atoms with Gasteiger partial charge in [-0.15, -0.1) is 0 Å². The summed E-state index contributed by atoms with van der Waals surface area (Å²) in [6.45, 7) is 6.57. The van der Waals surface area contributed by atoms with E-state index in [2.05, 4.69) is 32.9 Å². The van der Waals surface area contributed by atoms with Crippen LogP contribution in [0.5, 0.6) is 0 Å². The first-order valence-electron chi connectivity index (χ1n) is 4.98. The zero-order valence-electron chi connectivity index (χ0n) is 9.34. The van der Waals surface area contributed by atoms with Gasteiger partial charge in [-0.1, -0.05) is 18.6 Å². The zero-order valence-corrected chi connectivity index (χ0v) is 9.34. The van der Waals surface area contributed by atoms with Crippen molar-refractivity contribution in [2.45, 2.75) is 40.0 Å². The fourth-order valence-electron chi connectivity index (χ4n) is 1.16. The molecule has 13 heavy (non-hydrogen) atoms. The number of hydrogen-bond donors (Lipinski definition) is 0. The van der Waals surface area contributed by atoms with Crippen LogP contribution in [0.3, 0.4) is 0 Å². The molecule has 0 saturated carbocycles. The molecule has 0 bridgehead atoms. The molecule has 1 unspecified atom stereocenters. The minimum atomic E-state index is 0.752. The van der Waals surface area contributed by atoms with Gasteiger partial charge in [0.1, 0.15) is 0 Å². The van der Waals surface area contributed by atoms with Gasteiger partial charge in [0.25, 0.3) is 0 Å². The van der Waals surface area contributed by atoms with E-state index in [1.54, 1.807) is 13.4 Å². The van der Waals surface area contributed by atoms with Crippen LogP contribution in [0.1, 0.15) is 40.0 Å². The molecule has 0 fully saturated rings. The summed E-state index contributed by atoms with van der Waals surface area (Å²) in [5.74, 6) is 0.752. The van der Waals surface area contributed by atoms with Crippen LogP contribution < -0.4 is 0 Å². The van der Waals surface area contributed by atoms with Gasteiger partial charge in [0.05, 0.1) is 13.4 Å². The monoisotopic (exact) mass is 182 g/mol. The molecule has 0 heterocycles. The lowest BCUT2D eigenvalue weighted by atomic mass is 10.0. The SMILES string of the molecule is CO/C=C\CC(C)CCC=C(C)C. The molecule has 1 heteroatoms. The molecule has 0 saturated heterocycles. The first-order chi connectivity index (χ1) is 6.16. The lowest BCUT2D eigenvalue weighted by Crippen LogP contribution is -1.91. The predicted octanol–water partition coefficient (Wildman–Crippen LogP) is 3.92. The van der Waals surface area contributed by atoms with Crippen molar-refractivity contribution in [3.63, 3.8) is 0 Å². The molecule has 0 radical (unpaired) electrons. The Morgan fingerprint density at radius 3 is 2.62 bits per heavy atom. The Labute approximate surface area is 82.5 Å². The lowest BCUT2D eigenvalue weighted by molar-refractivity contribution is 0.335. The summed E-state index contributed by atoms with van der Waals surface area (Å²) in [5, 5.41) is 0. The van der Waals surface area contributed by atoms with Crippen LogP contribution in [0, 0.1) is 5.92 Å². The summed E-state index contributed by atoms with van der Waals surface area (Å²) in [6, 6.07) is 0. The van der Waals surface area contributed by atoms with Gasteiger partial charge < -0.3 is 4.74 Å². The van der Waals surface area contributed by atoms with E-state index in [9.17, 15) is 0 Å². The van der Waals surface area contributed by atoms with Gasteiger partial charge in [0.15, 0.2) is 0 Å². The van der Waals surface area contributed by atoms with Crippen LogP contribution in [0.25, 0.3) is 0 Å². The third kappa shape index (κ3) is 9.19. The van der Waals surface area contributed by atoms with E-state index in [1.807, 2.05) is 0 Å². The lowest BCUT2D eigenvalue weighted by Gasteiger charge is -2.05. The smallest absolute Gasteiger partial charge is 0.0784 e. The van der Waals surface area contributed by atoms with Gasteiger partial charge in [-0.2, -0.15) is 0 Å². The maximum Gasteiger partial charge on any atom is 0.0784 e. The standard InChI is InChI=1S/C12H22O/c1-11(2)7-5-8-12(3)9-6-10-13-4/h6-7,10,12H,5,8-9H2,1-4H3/b10-6-. The molecular formula is C12H22O. The van der Waals surface area contributed by atoms with Gasteiger partial charge in [-0.05, 0) is 45.1 Å². The molecule has 1 nitrogen and oxygen atoms in total. The van der Waals surface area contributed by atoms with Gasteiger partial charge in [0.2, 0.25) is 0 Å². The van der Waals surface area contributed by atoms with Crippen LogP contribution in [-0.4, -0.2) is 7.11 Å². The highest BCUT2D eigenvalue weighted by atomic mass is 16.5. The average Bonchev–Trinajstić information content (AvgIpc) is 2.04. The Morgan fingerprint density at radius 2 is 2.08 bits per heavy atom. The Kier molecular flexibility index (Phi) is 7.47. The van der Waals surface area contributed by atoms with Crippen molar-refractivity contribution in [2.24, 2.45) is 5.92 Å². The quantitative estimate of drug-likeness (QED) is 0.447. The maximum atomic E-state index is 4.84. The Morgan fingerprint density at radius 1 is 1.38 bits per heavy atom. The summed E-state index contributed by atoms with van der Waals surface area (Å²) in [7, 11) is 1.68. The highest BCUT2D eigenvalue weighted by molar-refractivity contribution is 4.93. The highest BCUT2D eigenvalue weighted by Gasteiger charge is 1.97. The molecule has 0 amide bonds. The van der Waals surface area contributed by atoms with Crippen molar-refractivity contribution in [2.75, 3.05) is 7.11 Å². The van der Waals surface area contributed by atoms with Crippen molar-refractivity contribution in [1.29, 1.82) is 0 Å². The number of allylic oxidation sites excluding steroid dienone is 3. The summed E-state index contributed by atoms with van der Waals surface area (Å²) in [4.78, 5) is 0. The van der Waals surface area contributed by atoms with Crippen LogP contribution in [0.2, 0.25) is 0 Å². The molecule has 0 rings (SSSR count). The first-order valence-corrected chi connectivity index (χ1v) is 4.98. The third-order valence-electron chi connectivity index (χ3n) is 1.98. The molecule has 0 aromatic heterocycles. The van der Waals surface area contributed by atoms with E-state index in [0.717, 1.165) is 12.3 Å². The maximum absolute atomic E-state index is 4.84. The molecule has 0 aliphatic heterocycles. The molecule has 0 aromatic rings. The largest absolute Gasteiger partial charge is 0.505 e. The molecule has 1 atom stereocenters. The van der Waals surface area contributed by atoms with Crippen molar-refractivity contribution in [3.8, 4) is 0 Å². The first kappa shape index (κ1) is 12.3. The minimum absolute atomic E-state index is 0.752. The Balaban J connectivity index is 3.46. The number of ether oxygens (including phenoxy) is 1. The van der Waals surface area contributed by atoms with E-state index in [4.69, 9.17) is 4.74 Å². The highest BCUT2D eigenvalue weighted by Crippen LogP contribution is 2.12. The second-order valence-electron chi connectivity index (χ2n) is 3.81. The summed E-state index contributed by atoms with van der Waals surface area (Å²) in [5.41, 5.74) is 1.42. The average molecular weight is 182 g/mol. The van der Waals surface area contributed by atoms with E-state index < -0.39 is 0 Å². The van der Waals surface area contributed by atoms with Crippen LogP contribution >= 0.6 is 0 Å². The predicted molar refractivity (Wildman–Crippen MR) is 58.6 cm³/mol. The van der Waals surface area contributed by atoms with E-state index in [-0.39, 0.29) is 0 Å². The molecule has 0 spiro atoms. The van der Waals surface area contributed by atoms with Crippen molar-refractivity contribution in [3.05, 3.63) is 24.0 Å². The number of hydrogen-bond acceptors (Lipinski definition) is 1. The summed E-state index contributed by atoms with van der Waals surface area (Å²) in [6.07, 6.45) is 9.73. The van der Waals surface area contributed by atoms with Crippen molar-refractivity contribution >= 4 is 0 Å². The number of rotatable bonds is 6. The van der Waals surface area contributed by atoms with Crippen LogP contribution in [0.15, 0.2) is 24.0 Å². The van der Waals surface area contributed by atoms with E-state index in [0.29, 0.717) is 0 Å². The molecule has 76 valence electrons. The van der Waals surface area contributed by atoms with E-state index >= 15 is 0 Å². The minimum Gasteiger partial charge on any atom is -0.505 e. The van der Waals surface area contributed by atoms with Crippen LogP contribution in [-0.2, 0) is 4.74 Å². The van der Waals surface area contributed by atoms with Gasteiger partial charge in [-0.3, -0.25) is 0 Å². The Hall–Kier alpha value is -0.720. The molecule has 0 aliphatic carbocycles. The fourth-order valence-corrected chi connectivity index (χ4v) is 1.16. The van der Waals surface area contributed by atoms with Gasteiger partial charge in [-0.25, -0.2) is 0 Å². The third-order valence-corrected chi connectivity index (χ3v) is 1.98. The van der Waals surface area contributed by atoms with Crippen molar-refractivity contribution in [1.82, 2.24) is 0 Å². The molecule has 0 aromatic carbocycles. The van der Waals surface area contributed by atoms with E-state index in [1.165, 1.54) is 18.4 Å². The zero-order chi connectivity index (χ0) is 10.1.